The molecule has 110 valence electrons. The van der Waals surface area contributed by atoms with Crippen LogP contribution in [0.3, 0.4) is 0 Å². The molecule has 0 amide bonds. The minimum atomic E-state index is -3.89. The molecule has 0 saturated heterocycles. The number of rotatable bonds is 5. The van der Waals surface area contributed by atoms with Crippen molar-refractivity contribution in [3.8, 4) is 0 Å². The zero-order valence-corrected chi connectivity index (χ0v) is 12.0. The van der Waals surface area contributed by atoms with E-state index in [9.17, 15) is 12.8 Å². The van der Waals surface area contributed by atoms with E-state index in [0.29, 0.717) is 11.6 Å². The Kier molecular flexibility index (Phi) is 3.69. The summed E-state index contributed by atoms with van der Waals surface area (Å²) in [6.07, 6.45) is 3.65. The van der Waals surface area contributed by atoms with Crippen LogP contribution in [0.5, 0.6) is 0 Å². The molecule has 0 atom stereocenters. The minimum absolute atomic E-state index is 0.0128. The quantitative estimate of drug-likeness (QED) is 0.916. The first-order valence-electron chi connectivity index (χ1n) is 6.61. The zero-order valence-electron chi connectivity index (χ0n) is 11.2. The number of aromatic nitrogens is 2. The van der Waals surface area contributed by atoms with Gasteiger partial charge >= 0.3 is 0 Å². The number of benzene rings is 1. The van der Waals surface area contributed by atoms with Crippen LogP contribution in [0.1, 0.15) is 30.1 Å². The highest BCUT2D eigenvalue weighted by molar-refractivity contribution is 7.89. The van der Waals surface area contributed by atoms with E-state index >= 15 is 0 Å². The molecule has 21 heavy (non-hydrogen) atoms. The molecule has 1 aliphatic carbocycles. The summed E-state index contributed by atoms with van der Waals surface area (Å²) in [6.45, 7) is 0.0128. The second-order valence-electron chi connectivity index (χ2n) is 4.96. The zero-order chi connectivity index (χ0) is 14.9. The molecule has 3 rings (SSSR count). The molecule has 1 aliphatic rings. The van der Waals surface area contributed by atoms with E-state index in [1.165, 1.54) is 24.5 Å². The molecular weight excluding hydrogens is 293 g/mol. The lowest BCUT2D eigenvalue weighted by Gasteiger charge is -2.07. The van der Waals surface area contributed by atoms with Gasteiger partial charge in [0.2, 0.25) is 10.0 Å². The van der Waals surface area contributed by atoms with Crippen LogP contribution in [-0.4, -0.2) is 18.4 Å². The predicted molar refractivity (Wildman–Crippen MR) is 74.4 cm³/mol. The van der Waals surface area contributed by atoms with Gasteiger partial charge in [-0.15, -0.1) is 0 Å². The third-order valence-corrected chi connectivity index (χ3v) is 4.74. The van der Waals surface area contributed by atoms with E-state index in [0.717, 1.165) is 24.6 Å². The minimum Gasteiger partial charge on any atom is -0.241 e. The van der Waals surface area contributed by atoms with Crippen LogP contribution in [0.15, 0.2) is 41.6 Å². The molecule has 0 radical (unpaired) electrons. The van der Waals surface area contributed by atoms with Crippen molar-refractivity contribution in [2.75, 3.05) is 0 Å². The van der Waals surface area contributed by atoms with Gasteiger partial charge in [-0.1, -0.05) is 12.1 Å². The summed E-state index contributed by atoms with van der Waals surface area (Å²) >= 11 is 0. The highest BCUT2D eigenvalue weighted by Crippen LogP contribution is 2.38. The Balaban J connectivity index is 1.75. The van der Waals surface area contributed by atoms with E-state index in [1.807, 2.05) is 0 Å². The fourth-order valence-corrected chi connectivity index (χ4v) is 3.10. The highest BCUT2D eigenvalue weighted by Gasteiger charge is 2.25. The Morgan fingerprint density at radius 3 is 2.71 bits per heavy atom. The molecule has 0 unspecified atom stereocenters. The second kappa shape index (κ2) is 5.50. The van der Waals surface area contributed by atoms with Crippen molar-refractivity contribution < 1.29 is 12.8 Å². The van der Waals surface area contributed by atoms with Crippen molar-refractivity contribution in [3.63, 3.8) is 0 Å². The molecule has 1 fully saturated rings. The average Bonchev–Trinajstić information content (AvgIpc) is 3.31. The van der Waals surface area contributed by atoms with Gasteiger partial charge in [-0.2, -0.15) is 0 Å². The largest absolute Gasteiger partial charge is 0.243 e. The van der Waals surface area contributed by atoms with E-state index in [2.05, 4.69) is 14.7 Å². The van der Waals surface area contributed by atoms with E-state index < -0.39 is 15.8 Å². The van der Waals surface area contributed by atoms with Gasteiger partial charge in [-0.3, -0.25) is 0 Å². The predicted octanol–water partition coefficient (Wildman–Crippen LogP) is 1.97. The van der Waals surface area contributed by atoms with Crippen LogP contribution in [0, 0.1) is 5.82 Å². The molecule has 0 spiro atoms. The van der Waals surface area contributed by atoms with E-state index in [1.54, 1.807) is 6.07 Å². The molecule has 5 nitrogen and oxygen atoms in total. The maximum absolute atomic E-state index is 13.5. The van der Waals surface area contributed by atoms with Gasteiger partial charge in [-0.25, -0.2) is 27.5 Å². The van der Waals surface area contributed by atoms with Crippen molar-refractivity contribution in [2.45, 2.75) is 30.2 Å². The molecule has 2 aromatic rings. The Morgan fingerprint density at radius 2 is 2.00 bits per heavy atom. The summed E-state index contributed by atoms with van der Waals surface area (Å²) in [5.41, 5.74) is 1.51. The number of halogens is 1. The molecule has 1 N–H and O–H groups in total. The van der Waals surface area contributed by atoms with Gasteiger partial charge in [0.1, 0.15) is 17.0 Å². The topological polar surface area (TPSA) is 72.0 Å². The first kappa shape index (κ1) is 14.1. The molecule has 7 heteroatoms. The van der Waals surface area contributed by atoms with Gasteiger partial charge in [0.25, 0.3) is 0 Å². The molecule has 1 aromatic carbocycles. The molecule has 0 bridgehead atoms. The molecule has 1 aromatic heterocycles. The monoisotopic (exact) mass is 307 g/mol. The van der Waals surface area contributed by atoms with Crippen molar-refractivity contribution in [2.24, 2.45) is 0 Å². The first-order valence-corrected chi connectivity index (χ1v) is 8.09. The van der Waals surface area contributed by atoms with Gasteiger partial charge in [0.15, 0.2) is 0 Å². The summed E-state index contributed by atoms with van der Waals surface area (Å²) in [5.74, 6) is -0.304. The maximum Gasteiger partial charge on any atom is 0.243 e. The molecule has 1 saturated carbocycles. The fourth-order valence-electron chi connectivity index (χ4n) is 2.02. The number of sulfonamides is 1. The average molecular weight is 307 g/mol. The van der Waals surface area contributed by atoms with Crippen molar-refractivity contribution >= 4 is 10.0 Å². The van der Waals surface area contributed by atoms with Crippen molar-refractivity contribution in [1.29, 1.82) is 0 Å². The summed E-state index contributed by atoms with van der Waals surface area (Å²) in [4.78, 5) is 7.85. The Labute approximate surface area is 122 Å². The van der Waals surface area contributed by atoms with E-state index in [-0.39, 0.29) is 11.4 Å². The molecule has 1 heterocycles. The highest BCUT2D eigenvalue weighted by atomic mass is 32.2. The van der Waals surface area contributed by atoms with Gasteiger partial charge in [0.05, 0.1) is 12.2 Å². The Bertz CT molecular complexity index is 760. The van der Waals surface area contributed by atoms with Gasteiger partial charge in [0, 0.05) is 11.6 Å². The van der Waals surface area contributed by atoms with E-state index in [4.69, 9.17) is 0 Å². The van der Waals surface area contributed by atoms with Crippen LogP contribution >= 0.6 is 0 Å². The van der Waals surface area contributed by atoms with Gasteiger partial charge < -0.3 is 0 Å². The first-order chi connectivity index (χ1) is 10.1. The van der Waals surface area contributed by atoms with Crippen LogP contribution in [0.25, 0.3) is 0 Å². The van der Waals surface area contributed by atoms with Crippen molar-refractivity contribution in [3.05, 3.63) is 53.9 Å². The number of hydrogen-bond donors (Lipinski definition) is 1. The lowest BCUT2D eigenvalue weighted by atomic mass is 10.2. The molecule has 0 aliphatic heterocycles. The SMILES string of the molecule is O=S(=O)(NCc1cc(C2CC2)ncn1)c1ccccc1F. The third kappa shape index (κ3) is 3.25. The summed E-state index contributed by atoms with van der Waals surface area (Å²) in [7, 11) is -3.89. The smallest absolute Gasteiger partial charge is 0.241 e. The standard InChI is InChI=1S/C14H14FN3O2S/c15-12-3-1-2-4-14(12)21(19,20)18-8-11-7-13(10-5-6-10)17-9-16-11/h1-4,7,9-10,18H,5-6,8H2. The fraction of sp³-hybridized carbons (Fsp3) is 0.286. The number of nitrogens with zero attached hydrogens (tertiary/aromatic N) is 2. The van der Waals surface area contributed by atoms with Gasteiger partial charge in [-0.05, 0) is 31.0 Å². The normalized spacial score (nSPS) is 15.1. The second-order valence-corrected chi connectivity index (χ2v) is 6.70. The third-order valence-electron chi connectivity index (χ3n) is 3.31. The maximum atomic E-state index is 13.5. The van der Waals surface area contributed by atoms with Crippen LogP contribution in [0.2, 0.25) is 0 Å². The lowest BCUT2D eigenvalue weighted by Crippen LogP contribution is -2.24. The number of nitrogens with one attached hydrogen (secondary N) is 1. The summed E-state index contributed by atoms with van der Waals surface area (Å²) < 4.78 is 40.0. The number of hydrogen-bond acceptors (Lipinski definition) is 4. The Hall–Kier alpha value is -1.86. The Morgan fingerprint density at radius 1 is 1.24 bits per heavy atom. The summed E-state index contributed by atoms with van der Waals surface area (Å²) in [5, 5.41) is 0. The van der Waals surface area contributed by atoms with Crippen molar-refractivity contribution in [1.82, 2.24) is 14.7 Å². The lowest BCUT2D eigenvalue weighted by molar-refractivity contribution is 0.556. The van der Waals surface area contributed by atoms with Crippen LogP contribution in [0.4, 0.5) is 4.39 Å². The van der Waals surface area contributed by atoms with Crippen LogP contribution < -0.4 is 4.72 Å². The summed E-state index contributed by atoms with van der Waals surface area (Å²) in [6, 6.07) is 7.06. The molecular formula is C14H14FN3O2S. The van der Waals surface area contributed by atoms with Crippen LogP contribution in [-0.2, 0) is 16.6 Å².